The summed E-state index contributed by atoms with van der Waals surface area (Å²) in [7, 11) is 1.58. The molecule has 0 saturated carbocycles. The molecule has 1 fully saturated rings. The van der Waals surface area contributed by atoms with Gasteiger partial charge in [0, 0.05) is 13.7 Å². The average molecular weight is 403 g/mol. The van der Waals surface area contributed by atoms with E-state index in [2.05, 4.69) is 10.3 Å². The van der Waals surface area contributed by atoms with Gasteiger partial charge in [0.2, 0.25) is 0 Å². The maximum atomic E-state index is 12.2. The Bertz CT molecular complexity index is 810. The summed E-state index contributed by atoms with van der Waals surface area (Å²) < 4.78 is 21.2. The summed E-state index contributed by atoms with van der Waals surface area (Å²) in [5, 5.41) is 2.86. The third-order valence-electron chi connectivity index (χ3n) is 4.63. The quantitative estimate of drug-likeness (QED) is 0.703. The topological polar surface area (TPSA) is 103 Å². The molecule has 2 unspecified atom stereocenters. The van der Waals surface area contributed by atoms with Crippen molar-refractivity contribution >= 4 is 18.1 Å². The van der Waals surface area contributed by atoms with E-state index in [1.807, 2.05) is 35.2 Å². The molecule has 3 rings (SSSR count). The number of amides is 1. The first-order valence-corrected chi connectivity index (χ1v) is 9.48. The van der Waals surface area contributed by atoms with Crippen molar-refractivity contribution < 1.29 is 28.2 Å². The van der Waals surface area contributed by atoms with E-state index >= 15 is 0 Å². The molecule has 0 aliphatic carbocycles. The number of rotatable bonds is 7. The molecular formula is C20H25N3O6. The second-order valence-corrected chi connectivity index (χ2v) is 6.56. The molecule has 1 aliphatic heterocycles. The van der Waals surface area contributed by atoms with Gasteiger partial charge in [0.05, 0.1) is 25.3 Å². The van der Waals surface area contributed by atoms with E-state index < -0.39 is 12.1 Å². The zero-order valence-electron chi connectivity index (χ0n) is 16.5. The largest absolute Gasteiger partial charge is 0.461 e. The molecule has 2 heterocycles. The van der Waals surface area contributed by atoms with Crippen LogP contribution in [0.25, 0.3) is 0 Å². The Labute approximate surface area is 168 Å². The van der Waals surface area contributed by atoms with Crippen molar-refractivity contribution in [3.05, 3.63) is 47.9 Å². The van der Waals surface area contributed by atoms with Gasteiger partial charge < -0.3 is 28.8 Å². The highest BCUT2D eigenvalue weighted by Gasteiger charge is 2.33. The highest BCUT2D eigenvalue weighted by Crippen LogP contribution is 2.21. The van der Waals surface area contributed by atoms with Crippen molar-refractivity contribution in [3.63, 3.8) is 0 Å². The van der Waals surface area contributed by atoms with E-state index in [1.165, 1.54) is 6.26 Å². The second kappa shape index (κ2) is 9.92. The SMILES string of the molecule is CCOC(=O)c1coc(N2CCC(NC(=O)OCc3ccccc3)C(OC)C2)n1. The molecule has 1 amide bonds. The Hall–Kier alpha value is -3.07. The van der Waals surface area contributed by atoms with Gasteiger partial charge in [-0.15, -0.1) is 0 Å². The number of ether oxygens (including phenoxy) is 3. The number of nitrogens with one attached hydrogen (secondary N) is 1. The number of alkyl carbamates (subject to hydrolysis) is 1. The lowest BCUT2D eigenvalue weighted by molar-refractivity contribution is 0.0518. The van der Waals surface area contributed by atoms with E-state index in [0.717, 1.165) is 5.56 Å². The third kappa shape index (κ3) is 5.47. The summed E-state index contributed by atoms with van der Waals surface area (Å²) in [6.45, 7) is 3.22. The number of nitrogens with zero attached hydrogens (tertiary/aromatic N) is 2. The molecule has 156 valence electrons. The van der Waals surface area contributed by atoms with E-state index in [0.29, 0.717) is 25.5 Å². The lowest BCUT2D eigenvalue weighted by Gasteiger charge is -2.36. The number of esters is 1. The van der Waals surface area contributed by atoms with Gasteiger partial charge in [-0.25, -0.2) is 9.59 Å². The second-order valence-electron chi connectivity index (χ2n) is 6.56. The number of hydrogen-bond donors (Lipinski definition) is 1. The highest BCUT2D eigenvalue weighted by molar-refractivity contribution is 5.87. The fraction of sp³-hybridized carbons (Fsp3) is 0.450. The van der Waals surface area contributed by atoms with Gasteiger partial charge in [-0.05, 0) is 18.9 Å². The lowest BCUT2D eigenvalue weighted by Crippen LogP contribution is -2.55. The van der Waals surface area contributed by atoms with Crippen LogP contribution in [0, 0.1) is 0 Å². The number of anilines is 1. The molecular weight excluding hydrogens is 378 g/mol. The summed E-state index contributed by atoms with van der Waals surface area (Å²) in [4.78, 5) is 30.0. The van der Waals surface area contributed by atoms with E-state index in [9.17, 15) is 9.59 Å². The molecule has 0 spiro atoms. The van der Waals surface area contributed by atoms with Gasteiger partial charge in [-0.1, -0.05) is 30.3 Å². The molecule has 1 saturated heterocycles. The van der Waals surface area contributed by atoms with Crippen LogP contribution in [-0.4, -0.2) is 56.0 Å². The number of oxazole rings is 1. The van der Waals surface area contributed by atoms with Crippen LogP contribution in [-0.2, 0) is 20.8 Å². The lowest BCUT2D eigenvalue weighted by atomic mass is 10.0. The molecule has 9 nitrogen and oxygen atoms in total. The Morgan fingerprint density at radius 2 is 2.07 bits per heavy atom. The average Bonchev–Trinajstić information content (AvgIpc) is 3.24. The predicted octanol–water partition coefficient (Wildman–Crippen LogP) is 2.37. The molecule has 0 bridgehead atoms. The molecule has 2 atom stereocenters. The number of piperidine rings is 1. The van der Waals surface area contributed by atoms with Gasteiger partial charge >= 0.3 is 12.1 Å². The molecule has 9 heteroatoms. The first kappa shape index (κ1) is 20.7. The van der Waals surface area contributed by atoms with Crippen molar-refractivity contribution in [3.8, 4) is 0 Å². The van der Waals surface area contributed by atoms with E-state index in [-0.39, 0.29) is 31.1 Å². The minimum absolute atomic E-state index is 0.126. The monoisotopic (exact) mass is 403 g/mol. The maximum absolute atomic E-state index is 12.2. The van der Waals surface area contributed by atoms with Crippen molar-refractivity contribution in [1.82, 2.24) is 10.3 Å². The minimum Gasteiger partial charge on any atom is -0.461 e. The van der Waals surface area contributed by atoms with Crippen molar-refractivity contribution in [2.75, 3.05) is 31.7 Å². The molecule has 1 aromatic carbocycles. The van der Waals surface area contributed by atoms with Crippen LogP contribution in [0.15, 0.2) is 41.0 Å². The van der Waals surface area contributed by atoms with Gasteiger partial charge in [-0.3, -0.25) is 0 Å². The third-order valence-corrected chi connectivity index (χ3v) is 4.63. The summed E-state index contributed by atoms with van der Waals surface area (Å²) in [6, 6.07) is 9.59. The van der Waals surface area contributed by atoms with Crippen molar-refractivity contribution in [1.29, 1.82) is 0 Å². The minimum atomic E-state index is -0.525. The van der Waals surface area contributed by atoms with Crippen LogP contribution in [0.1, 0.15) is 29.4 Å². The van der Waals surface area contributed by atoms with Crippen molar-refractivity contribution in [2.24, 2.45) is 0 Å². The number of carbonyl (C=O) groups is 2. The van der Waals surface area contributed by atoms with E-state index in [1.54, 1.807) is 14.0 Å². The van der Waals surface area contributed by atoms with Crippen LogP contribution in [0.2, 0.25) is 0 Å². The van der Waals surface area contributed by atoms with Gasteiger partial charge in [0.15, 0.2) is 5.69 Å². The smallest absolute Gasteiger partial charge is 0.407 e. The van der Waals surface area contributed by atoms with Crippen LogP contribution in [0.5, 0.6) is 0 Å². The number of methoxy groups -OCH3 is 1. The van der Waals surface area contributed by atoms with Crippen LogP contribution >= 0.6 is 0 Å². The standard InChI is InChI=1S/C20H25N3O6/c1-3-27-18(24)16-13-28-19(21-16)23-10-9-15(17(11-23)26-2)22-20(25)29-12-14-7-5-4-6-8-14/h4-8,13,15,17H,3,9-12H2,1-2H3,(H,22,25). The number of carbonyl (C=O) groups excluding carboxylic acids is 2. The fourth-order valence-corrected chi connectivity index (χ4v) is 3.12. The van der Waals surface area contributed by atoms with Crippen LogP contribution < -0.4 is 10.2 Å². The Balaban J connectivity index is 1.52. The van der Waals surface area contributed by atoms with Crippen molar-refractivity contribution in [2.45, 2.75) is 32.1 Å². The molecule has 1 aliphatic rings. The highest BCUT2D eigenvalue weighted by atomic mass is 16.5. The zero-order valence-corrected chi connectivity index (χ0v) is 16.5. The molecule has 2 aromatic rings. The Kier molecular flexibility index (Phi) is 7.07. The molecule has 0 radical (unpaired) electrons. The van der Waals surface area contributed by atoms with Gasteiger partial charge in [0.1, 0.15) is 12.9 Å². The summed E-state index contributed by atoms with van der Waals surface area (Å²) in [6.07, 6.45) is 1.11. The predicted molar refractivity (Wildman–Crippen MR) is 104 cm³/mol. The summed E-state index contributed by atoms with van der Waals surface area (Å²) in [5.41, 5.74) is 1.04. The first-order valence-electron chi connectivity index (χ1n) is 9.48. The molecule has 29 heavy (non-hydrogen) atoms. The van der Waals surface area contributed by atoms with Gasteiger partial charge in [-0.2, -0.15) is 4.98 Å². The molecule has 1 aromatic heterocycles. The Morgan fingerprint density at radius 1 is 1.28 bits per heavy atom. The zero-order chi connectivity index (χ0) is 20.6. The number of aromatic nitrogens is 1. The van der Waals surface area contributed by atoms with E-state index in [4.69, 9.17) is 18.6 Å². The van der Waals surface area contributed by atoms with Gasteiger partial charge in [0.25, 0.3) is 6.01 Å². The normalized spacial score (nSPS) is 18.9. The fourth-order valence-electron chi connectivity index (χ4n) is 3.12. The Morgan fingerprint density at radius 3 is 2.79 bits per heavy atom. The number of benzene rings is 1. The number of hydrogen-bond acceptors (Lipinski definition) is 8. The van der Waals surface area contributed by atoms with Crippen LogP contribution in [0.3, 0.4) is 0 Å². The summed E-state index contributed by atoms with van der Waals surface area (Å²) >= 11 is 0. The van der Waals surface area contributed by atoms with Crippen LogP contribution in [0.4, 0.5) is 10.8 Å². The molecule has 1 N–H and O–H groups in total. The summed E-state index contributed by atoms with van der Waals surface area (Å²) in [5.74, 6) is -0.525. The first-order chi connectivity index (χ1) is 14.1. The maximum Gasteiger partial charge on any atom is 0.407 e.